The minimum atomic E-state index is -0.493. The average molecular weight is 495 g/mol. The molecular formula is C31H30N2O4. The molecule has 5 rings (SSSR count). The van der Waals surface area contributed by atoms with Crippen molar-refractivity contribution in [2.24, 2.45) is 0 Å². The third-order valence-electron chi connectivity index (χ3n) is 7.14. The minimum Gasteiger partial charge on any atom is -0.497 e. The summed E-state index contributed by atoms with van der Waals surface area (Å²) in [6, 6.07) is 21.5. The van der Waals surface area contributed by atoms with Crippen LogP contribution in [-0.4, -0.2) is 30.5 Å². The summed E-state index contributed by atoms with van der Waals surface area (Å²) in [6.07, 6.45) is 5.08. The van der Waals surface area contributed by atoms with Gasteiger partial charge in [-0.1, -0.05) is 42.5 Å². The summed E-state index contributed by atoms with van der Waals surface area (Å²) >= 11 is 0. The number of allylic oxidation sites excluding steroid dienone is 3. The molecule has 1 N–H and O–H groups in total. The molecule has 1 aromatic heterocycles. The molecule has 6 heteroatoms. The zero-order valence-corrected chi connectivity index (χ0v) is 21.1. The predicted octanol–water partition coefficient (Wildman–Crippen LogP) is 5.24. The number of esters is 1. The Labute approximate surface area is 217 Å². The van der Waals surface area contributed by atoms with Gasteiger partial charge in [0.25, 0.3) is 0 Å². The lowest BCUT2D eigenvalue weighted by Gasteiger charge is -2.36. The number of nitrogens with zero attached hydrogens (tertiary/aromatic N) is 1. The van der Waals surface area contributed by atoms with E-state index >= 15 is 0 Å². The fourth-order valence-corrected chi connectivity index (χ4v) is 5.29. The zero-order valence-electron chi connectivity index (χ0n) is 21.1. The predicted molar refractivity (Wildman–Crippen MR) is 141 cm³/mol. The van der Waals surface area contributed by atoms with Crippen LogP contribution in [0.2, 0.25) is 0 Å². The second-order valence-corrected chi connectivity index (χ2v) is 9.44. The molecule has 0 fully saturated rings. The maximum atomic E-state index is 13.7. The van der Waals surface area contributed by atoms with E-state index in [1.165, 1.54) is 0 Å². The smallest absolute Gasteiger partial charge is 0.336 e. The van der Waals surface area contributed by atoms with Gasteiger partial charge in [0.05, 0.1) is 19.3 Å². The summed E-state index contributed by atoms with van der Waals surface area (Å²) in [5, 5.41) is 3.41. The summed E-state index contributed by atoms with van der Waals surface area (Å²) in [4.78, 5) is 31.3. The van der Waals surface area contributed by atoms with Crippen LogP contribution in [0.4, 0.5) is 0 Å². The molecule has 0 bridgehead atoms. The number of nitrogens with one attached hydrogen (secondary N) is 1. The highest BCUT2D eigenvalue weighted by atomic mass is 16.5. The number of ketones is 1. The van der Waals surface area contributed by atoms with E-state index in [9.17, 15) is 9.59 Å². The number of pyridine rings is 1. The van der Waals surface area contributed by atoms with Gasteiger partial charge in [-0.25, -0.2) is 4.79 Å². The molecule has 0 saturated heterocycles. The van der Waals surface area contributed by atoms with Gasteiger partial charge in [-0.15, -0.1) is 0 Å². The molecule has 0 amide bonds. The molecule has 2 heterocycles. The molecule has 0 spiro atoms. The Balaban J connectivity index is 1.43. The molecule has 37 heavy (non-hydrogen) atoms. The third-order valence-corrected chi connectivity index (χ3v) is 7.14. The monoisotopic (exact) mass is 494 g/mol. The van der Waals surface area contributed by atoms with Crippen LogP contribution in [0.15, 0.2) is 102 Å². The van der Waals surface area contributed by atoms with E-state index in [4.69, 9.17) is 9.47 Å². The van der Waals surface area contributed by atoms with Crippen LogP contribution in [0.5, 0.6) is 5.75 Å². The molecule has 1 aliphatic heterocycles. The lowest BCUT2D eigenvalue weighted by atomic mass is 9.72. The highest BCUT2D eigenvalue weighted by molar-refractivity contribution is 6.04. The first-order valence-electron chi connectivity index (χ1n) is 12.5. The Kier molecular flexibility index (Phi) is 7.17. The molecule has 0 unspecified atom stereocenters. The molecule has 3 aromatic rings. The number of methoxy groups -OCH3 is 1. The Morgan fingerprint density at radius 3 is 2.41 bits per heavy atom. The molecule has 188 valence electrons. The number of carbonyl (C=O) groups excluding carboxylic acids is 2. The normalized spacial score (nSPS) is 19.2. The first kappa shape index (κ1) is 24.5. The highest BCUT2D eigenvalue weighted by Crippen LogP contribution is 2.45. The molecule has 2 aliphatic rings. The summed E-state index contributed by atoms with van der Waals surface area (Å²) in [7, 11) is 1.64. The van der Waals surface area contributed by atoms with Crippen LogP contribution in [0.1, 0.15) is 48.3 Å². The fraction of sp³-hybridized carbons (Fsp3) is 0.258. The van der Waals surface area contributed by atoms with Crippen molar-refractivity contribution in [3.8, 4) is 5.75 Å². The highest BCUT2D eigenvalue weighted by Gasteiger charge is 2.41. The number of benzene rings is 2. The quantitative estimate of drug-likeness (QED) is 0.453. The van der Waals surface area contributed by atoms with Crippen molar-refractivity contribution < 1.29 is 19.1 Å². The zero-order chi connectivity index (χ0) is 25.8. The van der Waals surface area contributed by atoms with Gasteiger partial charge in [0, 0.05) is 48.1 Å². The van der Waals surface area contributed by atoms with Gasteiger partial charge >= 0.3 is 5.97 Å². The Morgan fingerprint density at radius 2 is 1.70 bits per heavy atom. The number of hydrogen-bond acceptors (Lipinski definition) is 6. The SMILES string of the molecule is COc1ccc([C@@H]2CC(=O)C3=C(C2)NC(C)=C(C(=O)OCCc2ccccc2)[C@@H]3c2ccncc2)cc1. The second-order valence-electron chi connectivity index (χ2n) is 9.44. The lowest BCUT2D eigenvalue weighted by molar-refractivity contribution is -0.139. The van der Waals surface area contributed by atoms with Gasteiger partial charge < -0.3 is 14.8 Å². The summed E-state index contributed by atoms with van der Waals surface area (Å²) in [5.41, 5.74) is 5.77. The van der Waals surface area contributed by atoms with Crippen molar-refractivity contribution in [3.05, 3.63) is 118 Å². The number of ether oxygens (including phenoxy) is 2. The minimum absolute atomic E-state index is 0.0402. The van der Waals surface area contributed by atoms with Gasteiger partial charge in [0.2, 0.25) is 0 Å². The Morgan fingerprint density at radius 1 is 0.973 bits per heavy atom. The van der Waals surface area contributed by atoms with E-state index in [0.717, 1.165) is 28.1 Å². The van der Waals surface area contributed by atoms with E-state index in [2.05, 4.69) is 10.3 Å². The van der Waals surface area contributed by atoms with E-state index in [-0.39, 0.29) is 18.3 Å². The van der Waals surface area contributed by atoms with Crippen molar-refractivity contribution >= 4 is 11.8 Å². The molecule has 2 aromatic carbocycles. The Hall–Kier alpha value is -4.19. The molecule has 1 aliphatic carbocycles. The lowest BCUT2D eigenvalue weighted by Crippen LogP contribution is -2.36. The van der Waals surface area contributed by atoms with Crippen LogP contribution in [-0.2, 0) is 20.7 Å². The number of aromatic nitrogens is 1. The van der Waals surface area contributed by atoms with Crippen LogP contribution in [0.25, 0.3) is 0 Å². The van der Waals surface area contributed by atoms with Crippen LogP contribution in [0, 0.1) is 0 Å². The topological polar surface area (TPSA) is 77.5 Å². The Bertz CT molecular complexity index is 1340. The number of carbonyl (C=O) groups is 2. The van der Waals surface area contributed by atoms with Gasteiger partial charge in [-0.05, 0) is 60.2 Å². The first-order valence-corrected chi connectivity index (χ1v) is 12.5. The summed E-state index contributed by atoms with van der Waals surface area (Å²) < 4.78 is 11.0. The van der Waals surface area contributed by atoms with Crippen molar-refractivity contribution in [2.75, 3.05) is 13.7 Å². The van der Waals surface area contributed by atoms with Crippen LogP contribution in [0.3, 0.4) is 0 Å². The summed E-state index contributed by atoms with van der Waals surface area (Å²) in [5.74, 6) is -0.0194. The third kappa shape index (κ3) is 5.19. The number of dihydropyridines is 1. The number of rotatable bonds is 7. The maximum absolute atomic E-state index is 13.7. The van der Waals surface area contributed by atoms with E-state index in [1.54, 1.807) is 19.5 Å². The number of hydrogen-bond donors (Lipinski definition) is 1. The molecular weight excluding hydrogens is 464 g/mol. The van der Waals surface area contributed by atoms with Crippen molar-refractivity contribution in [3.63, 3.8) is 0 Å². The number of Topliss-reactive ketones (excluding diaryl/α,β-unsaturated/α-hetero) is 1. The van der Waals surface area contributed by atoms with Crippen LogP contribution < -0.4 is 10.1 Å². The van der Waals surface area contributed by atoms with Gasteiger partial charge in [0.1, 0.15) is 5.75 Å². The molecule has 0 saturated carbocycles. The largest absolute Gasteiger partial charge is 0.497 e. The average Bonchev–Trinajstić information content (AvgIpc) is 2.93. The fourth-order valence-electron chi connectivity index (χ4n) is 5.29. The second kappa shape index (κ2) is 10.8. The molecule has 2 atom stereocenters. The van der Waals surface area contributed by atoms with Crippen molar-refractivity contribution in [1.29, 1.82) is 0 Å². The first-order chi connectivity index (χ1) is 18.0. The van der Waals surface area contributed by atoms with E-state index < -0.39 is 11.9 Å². The standard InChI is InChI=1S/C31H30N2O4/c1-20-28(31(35)37-17-14-21-6-4-3-5-7-21)29(23-12-15-32-16-13-23)30-26(33-20)18-24(19-27(30)34)22-8-10-25(36-2)11-9-22/h3-13,15-16,24,29,33H,14,17-19H2,1-2H3/t24-,29-/m0/s1. The van der Waals surface area contributed by atoms with Crippen molar-refractivity contribution in [2.45, 2.75) is 38.0 Å². The molecule has 0 radical (unpaired) electrons. The van der Waals surface area contributed by atoms with Gasteiger partial charge in [-0.3, -0.25) is 9.78 Å². The maximum Gasteiger partial charge on any atom is 0.336 e. The van der Waals surface area contributed by atoms with Gasteiger partial charge in [-0.2, -0.15) is 0 Å². The summed E-state index contributed by atoms with van der Waals surface area (Å²) in [6.45, 7) is 2.15. The molecule has 6 nitrogen and oxygen atoms in total. The van der Waals surface area contributed by atoms with Gasteiger partial charge in [0.15, 0.2) is 5.78 Å². The van der Waals surface area contributed by atoms with E-state index in [1.807, 2.05) is 73.7 Å². The van der Waals surface area contributed by atoms with E-state index in [0.29, 0.717) is 36.1 Å². The van der Waals surface area contributed by atoms with Crippen LogP contribution >= 0.6 is 0 Å². The van der Waals surface area contributed by atoms with Crippen molar-refractivity contribution in [1.82, 2.24) is 10.3 Å².